The summed E-state index contributed by atoms with van der Waals surface area (Å²) in [6.45, 7) is 8.76. The Kier molecular flexibility index (Phi) is 5.00. The maximum Gasteiger partial charge on any atom is 0.137 e. The highest BCUT2D eigenvalue weighted by molar-refractivity contribution is 5.59. The van der Waals surface area contributed by atoms with Gasteiger partial charge in [0.1, 0.15) is 18.0 Å². The highest BCUT2D eigenvalue weighted by Crippen LogP contribution is 2.29. The van der Waals surface area contributed by atoms with Crippen molar-refractivity contribution in [3.05, 3.63) is 11.9 Å². The van der Waals surface area contributed by atoms with Gasteiger partial charge in [-0.1, -0.05) is 13.8 Å². The molecule has 4 nitrogen and oxygen atoms in total. The fourth-order valence-electron chi connectivity index (χ4n) is 2.78. The number of anilines is 2. The van der Waals surface area contributed by atoms with E-state index in [1.165, 1.54) is 24.8 Å². The van der Waals surface area contributed by atoms with E-state index < -0.39 is 0 Å². The van der Waals surface area contributed by atoms with Crippen LogP contribution in [0.1, 0.15) is 52.0 Å². The molecular weight excluding hydrogens is 236 g/mol. The minimum Gasteiger partial charge on any atom is -0.370 e. The van der Waals surface area contributed by atoms with Crippen LogP contribution in [0, 0.1) is 0 Å². The molecule has 0 spiro atoms. The molecule has 1 aliphatic rings. The first-order valence-electron chi connectivity index (χ1n) is 7.62. The fourth-order valence-corrected chi connectivity index (χ4v) is 2.78. The second-order valence-electron chi connectivity index (χ2n) is 5.34. The zero-order valence-electron chi connectivity index (χ0n) is 12.4. The van der Waals surface area contributed by atoms with E-state index in [4.69, 9.17) is 0 Å². The molecule has 106 valence electrons. The molecule has 0 aromatic carbocycles. The monoisotopic (exact) mass is 262 g/mol. The first kappa shape index (κ1) is 14.1. The Morgan fingerprint density at radius 2 is 2.16 bits per heavy atom. The van der Waals surface area contributed by atoms with Crippen molar-refractivity contribution in [2.75, 3.05) is 23.3 Å². The predicted molar refractivity (Wildman–Crippen MR) is 80.8 cm³/mol. The zero-order chi connectivity index (χ0) is 13.7. The van der Waals surface area contributed by atoms with Crippen LogP contribution in [0.2, 0.25) is 0 Å². The van der Waals surface area contributed by atoms with Gasteiger partial charge in [-0.05, 0) is 39.0 Å². The van der Waals surface area contributed by atoms with Gasteiger partial charge in [0.05, 0.1) is 0 Å². The molecule has 1 aromatic heterocycles. The Balaban J connectivity index is 2.28. The summed E-state index contributed by atoms with van der Waals surface area (Å²) < 4.78 is 0. The summed E-state index contributed by atoms with van der Waals surface area (Å²) in [6.07, 6.45) is 7.67. The van der Waals surface area contributed by atoms with Crippen molar-refractivity contribution in [2.45, 2.75) is 58.9 Å². The summed E-state index contributed by atoms with van der Waals surface area (Å²) in [4.78, 5) is 11.4. The van der Waals surface area contributed by atoms with Crippen molar-refractivity contribution in [2.24, 2.45) is 0 Å². The quantitative estimate of drug-likeness (QED) is 0.884. The lowest BCUT2D eigenvalue weighted by molar-refractivity contribution is 0.480. The van der Waals surface area contributed by atoms with Gasteiger partial charge in [0.15, 0.2) is 0 Å². The van der Waals surface area contributed by atoms with Gasteiger partial charge < -0.3 is 10.2 Å². The van der Waals surface area contributed by atoms with Crippen LogP contribution >= 0.6 is 0 Å². The van der Waals surface area contributed by atoms with Crippen LogP contribution in [0.4, 0.5) is 11.6 Å². The van der Waals surface area contributed by atoms with Crippen molar-refractivity contribution in [1.29, 1.82) is 0 Å². The van der Waals surface area contributed by atoms with E-state index in [1.54, 1.807) is 6.33 Å². The summed E-state index contributed by atoms with van der Waals surface area (Å²) >= 11 is 0. The fraction of sp³-hybridized carbons (Fsp3) is 0.733. The van der Waals surface area contributed by atoms with Gasteiger partial charge in [0.2, 0.25) is 0 Å². The number of nitrogens with one attached hydrogen (secondary N) is 1. The van der Waals surface area contributed by atoms with Crippen molar-refractivity contribution < 1.29 is 0 Å². The summed E-state index contributed by atoms with van der Waals surface area (Å²) in [5.41, 5.74) is 1.27. The van der Waals surface area contributed by atoms with Crippen LogP contribution in [-0.2, 0) is 6.42 Å². The topological polar surface area (TPSA) is 41.1 Å². The molecule has 4 heteroatoms. The Hall–Kier alpha value is -1.32. The van der Waals surface area contributed by atoms with Crippen LogP contribution in [0.5, 0.6) is 0 Å². The number of rotatable bonds is 5. The number of hydrogen-bond acceptors (Lipinski definition) is 4. The summed E-state index contributed by atoms with van der Waals surface area (Å²) in [6, 6.07) is 0.591. The molecule has 1 N–H and O–H groups in total. The average Bonchev–Trinajstić information content (AvgIpc) is 2.45. The molecule has 0 amide bonds. The molecule has 19 heavy (non-hydrogen) atoms. The molecule has 0 bridgehead atoms. The highest BCUT2D eigenvalue weighted by atomic mass is 15.2. The Labute approximate surface area is 116 Å². The van der Waals surface area contributed by atoms with Gasteiger partial charge >= 0.3 is 0 Å². The van der Waals surface area contributed by atoms with Crippen molar-refractivity contribution in [3.63, 3.8) is 0 Å². The van der Waals surface area contributed by atoms with Crippen LogP contribution in [0.15, 0.2) is 6.33 Å². The largest absolute Gasteiger partial charge is 0.370 e. The lowest BCUT2D eigenvalue weighted by Crippen LogP contribution is -2.38. The Morgan fingerprint density at radius 3 is 2.84 bits per heavy atom. The third kappa shape index (κ3) is 3.17. The highest BCUT2D eigenvalue weighted by Gasteiger charge is 2.23. The van der Waals surface area contributed by atoms with Crippen molar-refractivity contribution >= 4 is 11.6 Å². The maximum absolute atomic E-state index is 4.57. The number of piperidine rings is 1. The van der Waals surface area contributed by atoms with Gasteiger partial charge in [-0.15, -0.1) is 0 Å². The summed E-state index contributed by atoms with van der Waals surface area (Å²) in [5.74, 6) is 2.16. The molecule has 2 heterocycles. The number of nitrogens with zero attached hydrogens (tertiary/aromatic N) is 3. The molecule has 2 rings (SSSR count). The maximum atomic E-state index is 4.57. The van der Waals surface area contributed by atoms with Gasteiger partial charge in [-0.3, -0.25) is 0 Å². The van der Waals surface area contributed by atoms with E-state index >= 15 is 0 Å². The van der Waals surface area contributed by atoms with Crippen LogP contribution < -0.4 is 10.2 Å². The normalized spacial score (nSPS) is 19.5. The van der Waals surface area contributed by atoms with Gasteiger partial charge in [-0.25, -0.2) is 9.97 Å². The van der Waals surface area contributed by atoms with Crippen molar-refractivity contribution in [1.82, 2.24) is 9.97 Å². The van der Waals surface area contributed by atoms with Gasteiger partial charge in [-0.2, -0.15) is 0 Å². The summed E-state index contributed by atoms with van der Waals surface area (Å²) in [5, 5.41) is 3.43. The molecule has 1 atom stereocenters. The molecular formula is C15H26N4. The van der Waals surface area contributed by atoms with Crippen LogP contribution in [0.3, 0.4) is 0 Å². The summed E-state index contributed by atoms with van der Waals surface area (Å²) in [7, 11) is 0. The van der Waals surface area contributed by atoms with E-state index in [0.717, 1.165) is 37.6 Å². The van der Waals surface area contributed by atoms with Gasteiger partial charge in [0, 0.05) is 24.7 Å². The molecule has 1 fully saturated rings. The zero-order valence-corrected chi connectivity index (χ0v) is 12.4. The first-order valence-corrected chi connectivity index (χ1v) is 7.62. The predicted octanol–water partition coefficient (Wildman–Crippen LogP) is 3.24. The molecule has 1 unspecified atom stereocenters. The lowest BCUT2D eigenvalue weighted by atomic mass is 10.0. The second-order valence-corrected chi connectivity index (χ2v) is 5.34. The van der Waals surface area contributed by atoms with Gasteiger partial charge in [0.25, 0.3) is 0 Å². The Bertz CT molecular complexity index is 405. The third-order valence-electron chi connectivity index (χ3n) is 3.89. The first-order chi connectivity index (χ1) is 9.27. The minimum atomic E-state index is 0.591. The molecule has 1 aliphatic heterocycles. The van der Waals surface area contributed by atoms with E-state index in [-0.39, 0.29) is 0 Å². The molecule has 0 aliphatic carbocycles. The molecule has 1 saturated heterocycles. The van der Waals surface area contributed by atoms with Crippen LogP contribution in [-0.4, -0.2) is 29.1 Å². The van der Waals surface area contributed by atoms with E-state index in [1.807, 2.05) is 0 Å². The third-order valence-corrected chi connectivity index (χ3v) is 3.89. The average molecular weight is 262 g/mol. The second kappa shape index (κ2) is 6.73. The molecule has 0 saturated carbocycles. The lowest BCUT2D eigenvalue weighted by Gasteiger charge is -2.35. The van der Waals surface area contributed by atoms with E-state index in [2.05, 4.69) is 41.0 Å². The van der Waals surface area contributed by atoms with E-state index in [9.17, 15) is 0 Å². The molecule has 0 radical (unpaired) electrons. The SMILES string of the molecule is CCCNc1ncnc(N2CCCCC2C)c1CC. The number of hydrogen-bond donors (Lipinski definition) is 1. The minimum absolute atomic E-state index is 0.591. The smallest absolute Gasteiger partial charge is 0.137 e. The number of aromatic nitrogens is 2. The van der Waals surface area contributed by atoms with Crippen molar-refractivity contribution in [3.8, 4) is 0 Å². The molecule has 1 aromatic rings. The Morgan fingerprint density at radius 1 is 1.32 bits per heavy atom. The van der Waals surface area contributed by atoms with E-state index in [0.29, 0.717) is 6.04 Å². The standard InChI is InChI=1S/C15H26N4/c1-4-9-16-14-13(5-2)15(18-11-17-14)19-10-7-6-8-12(19)3/h11-12H,4-10H2,1-3H3,(H,16,17,18). The van der Waals surface area contributed by atoms with Crippen LogP contribution in [0.25, 0.3) is 0 Å².